The minimum atomic E-state index is -3.57. The van der Waals surface area contributed by atoms with E-state index in [0.717, 1.165) is 0 Å². The number of morpholine rings is 1. The Morgan fingerprint density at radius 3 is 2.48 bits per heavy atom. The van der Waals surface area contributed by atoms with Crippen LogP contribution in [0.4, 0.5) is 16.6 Å². The van der Waals surface area contributed by atoms with Crippen molar-refractivity contribution in [1.82, 2.24) is 24.4 Å². The molecule has 1 aliphatic heterocycles. The number of ether oxygens (including phenoxy) is 1. The van der Waals surface area contributed by atoms with Crippen molar-refractivity contribution in [2.24, 2.45) is 0 Å². The molecule has 1 aliphatic rings. The van der Waals surface area contributed by atoms with Crippen LogP contribution in [0.1, 0.15) is 11.5 Å². The number of hydrogen-bond acceptors (Lipinski definition) is 11. The lowest BCUT2D eigenvalue weighted by atomic mass is 10.2. The third kappa shape index (κ3) is 4.04. The first kappa shape index (κ1) is 21.7. The zero-order valence-corrected chi connectivity index (χ0v) is 19.5. The second-order valence-electron chi connectivity index (χ2n) is 7.47. The summed E-state index contributed by atoms with van der Waals surface area (Å²) in [6.07, 6.45) is 0. The maximum Gasteiger partial charge on any atom is 0.243 e. The number of aryl methyl sites for hydroxylation is 2. The zero-order chi connectivity index (χ0) is 23.2. The second kappa shape index (κ2) is 8.33. The second-order valence-corrected chi connectivity index (χ2v) is 10.4. The molecule has 0 radical (unpaired) electrons. The van der Waals surface area contributed by atoms with Crippen LogP contribution in [0.15, 0.2) is 33.7 Å². The number of nitrogens with one attached hydrogen (secondary N) is 1. The van der Waals surface area contributed by atoms with Gasteiger partial charge in [0.1, 0.15) is 11.3 Å². The Balaban J connectivity index is 1.49. The summed E-state index contributed by atoms with van der Waals surface area (Å²) in [5.74, 6) is 1.50. The molecule has 4 heterocycles. The average molecular weight is 488 g/mol. The van der Waals surface area contributed by atoms with Crippen LogP contribution >= 0.6 is 11.3 Å². The first-order chi connectivity index (χ1) is 15.8. The number of thiazole rings is 1. The Morgan fingerprint density at radius 2 is 1.82 bits per heavy atom. The van der Waals surface area contributed by atoms with E-state index in [4.69, 9.17) is 15.0 Å². The van der Waals surface area contributed by atoms with Crippen LogP contribution in [-0.4, -0.2) is 59.1 Å². The minimum absolute atomic E-state index is 0.220. The highest BCUT2D eigenvalue weighted by molar-refractivity contribution is 7.89. The fraction of sp³-hybridized carbons (Fsp3) is 0.300. The summed E-state index contributed by atoms with van der Waals surface area (Å²) in [7, 11) is -3.57. The van der Waals surface area contributed by atoms with Gasteiger partial charge in [-0.25, -0.2) is 23.4 Å². The van der Waals surface area contributed by atoms with E-state index in [-0.39, 0.29) is 4.90 Å². The molecule has 3 N–H and O–H groups in total. The monoisotopic (exact) mass is 487 g/mol. The molecule has 1 fully saturated rings. The smallest absolute Gasteiger partial charge is 0.243 e. The maximum atomic E-state index is 12.9. The van der Waals surface area contributed by atoms with Crippen LogP contribution in [0.2, 0.25) is 0 Å². The Morgan fingerprint density at radius 1 is 1.09 bits per heavy atom. The Hall–Kier alpha value is -3.13. The Bertz CT molecular complexity index is 1410. The molecule has 5 rings (SSSR count). The number of hydrogen-bond donors (Lipinski definition) is 2. The molecule has 0 atom stereocenters. The largest absolute Gasteiger partial charge is 0.379 e. The van der Waals surface area contributed by atoms with Crippen LogP contribution in [0.3, 0.4) is 0 Å². The van der Waals surface area contributed by atoms with Crippen molar-refractivity contribution < 1.29 is 17.7 Å². The fourth-order valence-electron chi connectivity index (χ4n) is 3.62. The molecule has 1 saturated heterocycles. The molecule has 3 aromatic heterocycles. The quantitative estimate of drug-likeness (QED) is 0.430. The zero-order valence-electron chi connectivity index (χ0n) is 17.9. The predicted molar refractivity (Wildman–Crippen MR) is 124 cm³/mol. The number of anilines is 3. The van der Waals surface area contributed by atoms with E-state index in [2.05, 4.69) is 25.4 Å². The number of rotatable bonds is 5. The van der Waals surface area contributed by atoms with Gasteiger partial charge in [0.2, 0.25) is 10.0 Å². The summed E-state index contributed by atoms with van der Waals surface area (Å²) >= 11 is 1.25. The van der Waals surface area contributed by atoms with Crippen LogP contribution < -0.4 is 11.1 Å². The van der Waals surface area contributed by atoms with E-state index in [0.29, 0.717) is 76.1 Å². The molecule has 172 valence electrons. The van der Waals surface area contributed by atoms with Gasteiger partial charge in [-0.2, -0.15) is 4.31 Å². The van der Waals surface area contributed by atoms with Gasteiger partial charge >= 0.3 is 0 Å². The third-order valence-electron chi connectivity index (χ3n) is 5.26. The number of nitrogens with zero attached hydrogens (tertiary/aromatic N) is 5. The van der Waals surface area contributed by atoms with Gasteiger partial charge in [-0.05, 0) is 38.1 Å². The van der Waals surface area contributed by atoms with Gasteiger partial charge in [0, 0.05) is 18.8 Å². The molecule has 0 saturated carbocycles. The number of nitrogens with two attached hydrogens (primary N) is 1. The van der Waals surface area contributed by atoms with Gasteiger partial charge in [-0.3, -0.25) is 0 Å². The number of nitrogen functional groups attached to an aromatic ring is 1. The summed E-state index contributed by atoms with van der Waals surface area (Å²) in [5, 5.41) is 7.57. The number of aromatic nitrogens is 4. The van der Waals surface area contributed by atoms with E-state index in [1.165, 1.54) is 15.6 Å². The normalized spacial score (nSPS) is 15.2. The van der Waals surface area contributed by atoms with Gasteiger partial charge in [-0.1, -0.05) is 16.5 Å². The predicted octanol–water partition coefficient (Wildman–Crippen LogP) is 2.70. The summed E-state index contributed by atoms with van der Waals surface area (Å²) in [6.45, 7) is 5.10. The van der Waals surface area contributed by atoms with Gasteiger partial charge < -0.3 is 20.3 Å². The van der Waals surface area contributed by atoms with Crippen molar-refractivity contribution in [3.05, 3.63) is 35.7 Å². The molecule has 4 aromatic rings. The summed E-state index contributed by atoms with van der Waals surface area (Å²) < 4.78 is 37.7. The molecule has 0 aliphatic carbocycles. The molecular weight excluding hydrogens is 466 g/mol. The molecule has 33 heavy (non-hydrogen) atoms. The van der Waals surface area contributed by atoms with Crippen LogP contribution in [0.5, 0.6) is 0 Å². The van der Waals surface area contributed by atoms with Crippen molar-refractivity contribution in [1.29, 1.82) is 0 Å². The standard InChI is InChI=1S/C20H21N7O4S2/c1-11-15(12(2)31-26-11)17-24-18(16-19(25-17)32-20(21)23-16)22-13-3-5-14(6-4-13)33(28,29)27-7-9-30-10-8-27/h3-6H,7-10H2,1-2H3,(H2,21,23)(H,22,24,25). The average Bonchev–Trinajstić information content (AvgIpc) is 3.35. The molecule has 0 spiro atoms. The first-order valence-corrected chi connectivity index (χ1v) is 12.4. The third-order valence-corrected chi connectivity index (χ3v) is 7.95. The van der Waals surface area contributed by atoms with Gasteiger partial charge in [0.15, 0.2) is 21.6 Å². The highest BCUT2D eigenvalue weighted by Crippen LogP contribution is 2.33. The topological polar surface area (TPSA) is 149 Å². The van der Waals surface area contributed by atoms with E-state index in [1.807, 2.05) is 6.92 Å². The number of sulfonamides is 1. The minimum Gasteiger partial charge on any atom is -0.379 e. The van der Waals surface area contributed by atoms with E-state index in [9.17, 15) is 8.42 Å². The number of fused-ring (bicyclic) bond motifs is 1. The van der Waals surface area contributed by atoms with Crippen molar-refractivity contribution in [2.45, 2.75) is 18.7 Å². The fourth-order valence-corrected chi connectivity index (χ4v) is 5.74. The Kier molecular flexibility index (Phi) is 5.48. The molecule has 1 aromatic carbocycles. The van der Waals surface area contributed by atoms with E-state index in [1.54, 1.807) is 31.2 Å². The highest BCUT2D eigenvalue weighted by Gasteiger charge is 2.26. The highest BCUT2D eigenvalue weighted by atomic mass is 32.2. The molecule has 0 unspecified atom stereocenters. The molecule has 11 nitrogen and oxygen atoms in total. The Labute approximate surface area is 193 Å². The molecular formula is C20H21N7O4S2. The summed E-state index contributed by atoms with van der Waals surface area (Å²) in [4.78, 5) is 14.4. The number of benzene rings is 1. The maximum absolute atomic E-state index is 12.9. The van der Waals surface area contributed by atoms with E-state index >= 15 is 0 Å². The molecule has 0 amide bonds. The van der Waals surface area contributed by atoms with Crippen molar-refractivity contribution in [3.8, 4) is 11.4 Å². The first-order valence-electron chi connectivity index (χ1n) is 10.2. The van der Waals surface area contributed by atoms with Crippen molar-refractivity contribution in [2.75, 3.05) is 37.4 Å². The van der Waals surface area contributed by atoms with Crippen LogP contribution in [-0.2, 0) is 14.8 Å². The van der Waals surface area contributed by atoms with Crippen LogP contribution in [0.25, 0.3) is 21.7 Å². The van der Waals surface area contributed by atoms with Crippen LogP contribution in [0, 0.1) is 13.8 Å². The molecule has 13 heteroatoms. The lowest BCUT2D eigenvalue weighted by Gasteiger charge is -2.26. The van der Waals surface area contributed by atoms with Gasteiger partial charge in [0.25, 0.3) is 0 Å². The van der Waals surface area contributed by atoms with Crippen molar-refractivity contribution in [3.63, 3.8) is 0 Å². The lowest BCUT2D eigenvalue weighted by molar-refractivity contribution is 0.0730. The van der Waals surface area contributed by atoms with Crippen molar-refractivity contribution >= 4 is 48.3 Å². The van der Waals surface area contributed by atoms with Gasteiger partial charge in [0.05, 0.1) is 29.4 Å². The lowest BCUT2D eigenvalue weighted by Crippen LogP contribution is -2.40. The summed E-state index contributed by atoms with van der Waals surface area (Å²) in [6, 6.07) is 6.51. The molecule has 0 bridgehead atoms. The summed E-state index contributed by atoms with van der Waals surface area (Å²) in [5.41, 5.74) is 8.47. The van der Waals surface area contributed by atoms with E-state index < -0.39 is 10.0 Å². The SMILES string of the molecule is Cc1noc(C)c1-c1nc(Nc2ccc(S(=O)(=O)N3CCOCC3)cc2)c2nc(N)sc2n1. The van der Waals surface area contributed by atoms with Gasteiger partial charge in [-0.15, -0.1) is 0 Å².